The molecule has 2 aromatic heterocycles. The maximum atomic E-state index is 14.4. The van der Waals surface area contributed by atoms with Gasteiger partial charge >= 0.3 is 0 Å². The second-order valence-corrected chi connectivity index (χ2v) is 10.2. The summed E-state index contributed by atoms with van der Waals surface area (Å²) in [6.45, 7) is 1.37. The van der Waals surface area contributed by atoms with Crippen LogP contribution in [0.25, 0.3) is 10.2 Å². The van der Waals surface area contributed by atoms with E-state index in [4.69, 9.17) is 21.3 Å². The van der Waals surface area contributed by atoms with Gasteiger partial charge in [-0.05, 0) is 55.2 Å². The quantitative estimate of drug-likeness (QED) is 0.260. The van der Waals surface area contributed by atoms with E-state index in [1.165, 1.54) is 0 Å². The van der Waals surface area contributed by atoms with Gasteiger partial charge < -0.3 is 9.30 Å². The molecule has 2 aromatic carbocycles. The van der Waals surface area contributed by atoms with Crippen LogP contribution in [0.4, 0.5) is 5.13 Å². The van der Waals surface area contributed by atoms with Crippen LogP contribution in [-0.4, -0.2) is 34.1 Å². The summed E-state index contributed by atoms with van der Waals surface area (Å²) in [5, 5.41) is 1.42. The molecule has 0 bridgehead atoms. The van der Waals surface area contributed by atoms with Gasteiger partial charge in [-0.1, -0.05) is 47.9 Å². The molecule has 2 heterocycles. The number of aryl methyl sites for hydroxylation is 1. The van der Waals surface area contributed by atoms with Crippen LogP contribution in [0.2, 0.25) is 5.02 Å². The van der Waals surface area contributed by atoms with Gasteiger partial charge in [-0.15, -0.1) is 12.4 Å². The molecule has 0 unspecified atom stereocenters. The molecule has 9 heteroatoms. The van der Waals surface area contributed by atoms with Gasteiger partial charge in [0.25, 0.3) is 0 Å². The molecule has 4 aromatic rings. The van der Waals surface area contributed by atoms with Crippen LogP contribution >= 0.6 is 35.3 Å². The number of ether oxygens (including phenoxy) is 1. The third-order valence-corrected chi connectivity index (χ3v) is 7.97. The molecule has 5 rings (SSSR count). The molecule has 1 saturated carbocycles. The summed E-state index contributed by atoms with van der Waals surface area (Å²) in [6, 6.07) is 13.6. The summed E-state index contributed by atoms with van der Waals surface area (Å²) in [5.74, 6) is 0.915. The standard InChI is InChI=1S/C26H27ClN4O2S.ClH/c1-33-21-9-10-22-23(17-21)34-25(29-22)31(15-4-14-30-16-13-28-18-30)24(32)26(11-2-3-12-26)19-5-7-20(27)8-6-19;/h5-10,13,16-18H,2-4,11-12,14-15H2,1H3;1H. The normalized spacial score (nSPS) is 14.6. The number of carbonyl (C=O) groups excluding carboxylic acids is 1. The van der Waals surface area contributed by atoms with Crippen LogP contribution in [0.5, 0.6) is 5.75 Å². The minimum atomic E-state index is -0.546. The van der Waals surface area contributed by atoms with Crippen LogP contribution in [0, 0.1) is 0 Å². The van der Waals surface area contributed by atoms with Crippen LogP contribution in [0.1, 0.15) is 37.7 Å². The number of halogens is 2. The number of amides is 1. The Labute approximate surface area is 220 Å². The first-order valence-electron chi connectivity index (χ1n) is 11.6. The van der Waals surface area contributed by atoms with Gasteiger partial charge in [0.1, 0.15) is 5.75 Å². The predicted molar refractivity (Wildman–Crippen MR) is 144 cm³/mol. The highest BCUT2D eigenvalue weighted by atomic mass is 35.5. The number of methoxy groups -OCH3 is 1. The Kier molecular flexibility index (Phi) is 7.99. The van der Waals surface area contributed by atoms with E-state index in [0.29, 0.717) is 11.6 Å². The van der Waals surface area contributed by atoms with E-state index < -0.39 is 5.41 Å². The molecule has 0 saturated heterocycles. The Morgan fingerprint density at radius 2 is 1.97 bits per heavy atom. The number of anilines is 1. The third-order valence-electron chi connectivity index (χ3n) is 6.68. The fraction of sp³-hybridized carbons (Fsp3) is 0.346. The summed E-state index contributed by atoms with van der Waals surface area (Å²) >= 11 is 7.71. The first-order valence-corrected chi connectivity index (χ1v) is 12.8. The molecule has 0 radical (unpaired) electrons. The third kappa shape index (κ3) is 5.17. The first kappa shape index (κ1) is 25.5. The average molecular weight is 532 g/mol. The molecular formula is C26H28Cl2N4O2S. The van der Waals surface area contributed by atoms with Crippen LogP contribution < -0.4 is 9.64 Å². The molecule has 0 N–H and O–H groups in total. The summed E-state index contributed by atoms with van der Waals surface area (Å²) < 4.78 is 8.44. The number of aromatic nitrogens is 3. The van der Waals surface area contributed by atoms with Crippen molar-refractivity contribution in [2.24, 2.45) is 0 Å². The molecule has 1 aliphatic rings. The zero-order valence-corrected chi connectivity index (χ0v) is 21.9. The first-order chi connectivity index (χ1) is 16.6. The van der Waals surface area contributed by atoms with Crippen LogP contribution in [0.3, 0.4) is 0 Å². The van der Waals surface area contributed by atoms with Crippen molar-refractivity contribution in [1.82, 2.24) is 14.5 Å². The van der Waals surface area contributed by atoms with Gasteiger partial charge in [-0.3, -0.25) is 9.69 Å². The lowest BCUT2D eigenvalue weighted by Crippen LogP contribution is -2.46. The molecule has 35 heavy (non-hydrogen) atoms. The average Bonchev–Trinajstić information content (AvgIpc) is 3.62. The molecule has 0 atom stereocenters. The zero-order chi connectivity index (χ0) is 23.5. The fourth-order valence-corrected chi connectivity index (χ4v) is 6.03. The van der Waals surface area contributed by atoms with E-state index in [2.05, 4.69) is 4.98 Å². The Hall–Kier alpha value is -2.61. The largest absolute Gasteiger partial charge is 0.497 e. The van der Waals surface area contributed by atoms with E-state index in [1.54, 1.807) is 24.6 Å². The van der Waals surface area contributed by atoms with E-state index >= 15 is 0 Å². The van der Waals surface area contributed by atoms with Crippen LogP contribution in [-0.2, 0) is 16.8 Å². The van der Waals surface area contributed by atoms with E-state index in [-0.39, 0.29) is 18.3 Å². The molecular weight excluding hydrogens is 503 g/mol. The molecule has 1 amide bonds. The smallest absolute Gasteiger partial charge is 0.239 e. The molecule has 0 spiro atoms. The van der Waals surface area contributed by atoms with E-state index in [0.717, 1.165) is 65.3 Å². The molecule has 6 nitrogen and oxygen atoms in total. The number of hydrogen-bond donors (Lipinski definition) is 0. The SMILES string of the molecule is COc1ccc2nc(N(CCCn3ccnc3)C(=O)C3(c4ccc(Cl)cc4)CCCC3)sc2c1.Cl. The van der Waals surface area contributed by atoms with Crippen molar-refractivity contribution in [3.8, 4) is 5.75 Å². The number of imidazole rings is 1. The highest BCUT2D eigenvalue weighted by Gasteiger charge is 2.45. The Bertz CT molecular complexity index is 1270. The minimum absolute atomic E-state index is 0. The number of carbonyl (C=O) groups is 1. The number of fused-ring (bicyclic) bond motifs is 1. The van der Waals surface area contributed by atoms with Gasteiger partial charge in [0.15, 0.2) is 5.13 Å². The van der Waals surface area contributed by atoms with E-state index in [9.17, 15) is 4.79 Å². The van der Waals surface area contributed by atoms with Gasteiger partial charge in [-0.2, -0.15) is 0 Å². The zero-order valence-electron chi connectivity index (χ0n) is 19.5. The monoisotopic (exact) mass is 530 g/mol. The number of benzene rings is 2. The molecule has 1 fully saturated rings. The summed E-state index contributed by atoms with van der Waals surface area (Å²) in [4.78, 5) is 25.3. The number of nitrogens with zero attached hydrogens (tertiary/aromatic N) is 4. The number of hydrogen-bond acceptors (Lipinski definition) is 5. The molecule has 184 valence electrons. The van der Waals surface area contributed by atoms with Gasteiger partial charge in [0.05, 0.1) is 29.1 Å². The number of rotatable bonds is 8. The highest BCUT2D eigenvalue weighted by Crippen LogP contribution is 2.44. The lowest BCUT2D eigenvalue weighted by atomic mass is 9.77. The molecule has 0 aliphatic heterocycles. The van der Waals surface area contributed by atoms with E-state index in [1.807, 2.05) is 64.5 Å². The van der Waals surface area contributed by atoms with Crippen molar-refractivity contribution in [2.75, 3.05) is 18.6 Å². The summed E-state index contributed by atoms with van der Waals surface area (Å²) in [5.41, 5.74) is 1.37. The van der Waals surface area contributed by atoms with Crippen molar-refractivity contribution in [2.45, 2.75) is 44.1 Å². The van der Waals surface area contributed by atoms with Crippen molar-refractivity contribution >= 4 is 56.6 Å². The summed E-state index contributed by atoms with van der Waals surface area (Å²) in [7, 11) is 1.66. The van der Waals surface area contributed by atoms with Crippen molar-refractivity contribution in [3.05, 3.63) is 71.8 Å². The van der Waals surface area contributed by atoms with Crippen molar-refractivity contribution in [3.63, 3.8) is 0 Å². The lowest BCUT2D eigenvalue weighted by molar-refractivity contribution is -0.124. The molecule has 1 aliphatic carbocycles. The lowest BCUT2D eigenvalue weighted by Gasteiger charge is -2.34. The maximum absolute atomic E-state index is 14.4. The summed E-state index contributed by atoms with van der Waals surface area (Å²) in [6.07, 6.45) is 10.1. The van der Waals surface area contributed by atoms with Gasteiger partial charge in [0.2, 0.25) is 5.91 Å². The van der Waals surface area contributed by atoms with Crippen LogP contribution in [0.15, 0.2) is 61.2 Å². The number of thiazole rings is 1. The fourth-order valence-electron chi connectivity index (χ4n) is 4.88. The second-order valence-electron chi connectivity index (χ2n) is 8.74. The van der Waals surface area contributed by atoms with Crippen molar-refractivity contribution < 1.29 is 9.53 Å². The topological polar surface area (TPSA) is 60.2 Å². The Morgan fingerprint density at radius 1 is 1.20 bits per heavy atom. The second kappa shape index (κ2) is 11.0. The predicted octanol–water partition coefficient (Wildman–Crippen LogP) is 6.51. The van der Waals surface area contributed by atoms with Crippen molar-refractivity contribution in [1.29, 1.82) is 0 Å². The highest BCUT2D eigenvalue weighted by molar-refractivity contribution is 7.22. The maximum Gasteiger partial charge on any atom is 0.239 e. The Balaban J connectivity index is 0.00000289. The minimum Gasteiger partial charge on any atom is -0.497 e. The Morgan fingerprint density at radius 3 is 2.66 bits per heavy atom. The van der Waals surface area contributed by atoms with Gasteiger partial charge in [0, 0.05) is 30.5 Å². The van der Waals surface area contributed by atoms with Gasteiger partial charge in [-0.25, -0.2) is 9.97 Å².